The predicted molar refractivity (Wildman–Crippen MR) is 270 cm³/mol. The number of esters is 3. The number of ether oxygens (including phenoxy) is 3. The van der Waals surface area contributed by atoms with Crippen LogP contribution >= 0.6 is 0 Å². The van der Waals surface area contributed by atoms with E-state index < -0.39 is 6.10 Å². The topological polar surface area (TPSA) is 78.9 Å². The Morgan fingerprint density at radius 2 is 0.587 bits per heavy atom. The Balaban J connectivity index is 4.33. The summed E-state index contributed by atoms with van der Waals surface area (Å²) < 4.78 is 16.8. The maximum Gasteiger partial charge on any atom is 0.306 e. The van der Waals surface area contributed by atoms with Gasteiger partial charge in [-0.05, 0) is 70.6 Å². The molecule has 0 aliphatic rings. The summed E-state index contributed by atoms with van der Waals surface area (Å²) in [6.07, 6.45) is 61.3. The zero-order valence-electron chi connectivity index (χ0n) is 42.1. The second-order valence-corrected chi connectivity index (χ2v) is 18.5. The number of hydrogen-bond acceptors (Lipinski definition) is 6. The van der Waals surface area contributed by atoms with E-state index >= 15 is 0 Å². The van der Waals surface area contributed by atoms with Crippen LogP contribution in [-0.2, 0) is 28.6 Å². The van der Waals surface area contributed by atoms with Crippen LogP contribution in [0.4, 0.5) is 0 Å². The lowest BCUT2D eigenvalue weighted by atomic mass is 10.0. The fourth-order valence-corrected chi connectivity index (χ4v) is 7.93. The Kier molecular flexibility index (Phi) is 50.3. The van der Waals surface area contributed by atoms with Gasteiger partial charge in [0.2, 0.25) is 0 Å². The highest BCUT2D eigenvalue weighted by atomic mass is 16.6. The summed E-state index contributed by atoms with van der Waals surface area (Å²) in [6, 6.07) is 0. The Labute approximate surface area is 391 Å². The van der Waals surface area contributed by atoms with Crippen molar-refractivity contribution in [3.63, 3.8) is 0 Å². The highest BCUT2D eigenvalue weighted by Gasteiger charge is 2.19. The van der Waals surface area contributed by atoms with Crippen LogP contribution < -0.4 is 0 Å². The summed E-state index contributed by atoms with van der Waals surface area (Å²) in [4.78, 5) is 38.0. The Morgan fingerprint density at radius 3 is 0.968 bits per heavy atom. The van der Waals surface area contributed by atoms with Gasteiger partial charge in [-0.2, -0.15) is 0 Å². The van der Waals surface area contributed by atoms with Gasteiger partial charge in [0.25, 0.3) is 0 Å². The molecule has 0 heterocycles. The lowest BCUT2D eigenvalue weighted by molar-refractivity contribution is -0.167. The van der Waals surface area contributed by atoms with Gasteiger partial charge in [-0.15, -0.1) is 0 Å². The molecule has 0 saturated heterocycles. The zero-order valence-corrected chi connectivity index (χ0v) is 42.1. The van der Waals surface area contributed by atoms with E-state index in [2.05, 4.69) is 57.2 Å². The second kappa shape index (κ2) is 52.3. The highest BCUT2D eigenvalue weighted by molar-refractivity contribution is 5.71. The van der Waals surface area contributed by atoms with Gasteiger partial charge in [0, 0.05) is 19.3 Å². The molecule has 0 aromatic rings. The molecule has 0 N–H and O–H groups in total. The number of rotatable bonds is 50. The first-order valence-corrected chi connectivity index (χ1v) is 27.5. The first-order valence-electron chi connectivity index (χ1n) is 27.5. The molecule has 0 spiro atoms. The fourth-order valence-electron chi connectivity index (χ4n) is 7.93. The normalized spacial score (nSPS) is 12.2. The average Bonchev–Trinajstić information content (AvgIpc) is 3.28. The number of allylic oxidation sites excluding steroid dienone is 6. The minimum atomic E-state index is -0.775. The molecule has 0 aliphatic heterocycles. The molecular formula is C57H104O6. The summed E-state index contributed by atoms with van der Waals surface area (Å²) in [6.45, 7) is 6.59. The van der Waals surface area contributed by atoms with Crippen LogP contribution in [0.25, 0.3) is 0 Å². The third-order valence-corrected chi connectivity index (χ3v) is 12.1. The highest BCUT2D eigenvalue weighted by Crippen LogP contribution is 2.16. The summed E-state index contributed by atoms with van der Waals surface area (Å²) in [5.41, 5.74) is 0. The Bertz CT molecular complexity index is 1060. The van der Waals surface area contributed by atoms with Gasteiger partial charge in [0.1, 0.15) is 13.2 Å². The van der Waals surface area contributed by atoms with E-state index in [1.54, 1.807) is 0 Å². The molecule has 1 atom stereocenters. The molecule has 0 aromatic carbocycles. The van der Waals surface area contributed by atoms with Crippen LogP contribution in [-0.4, -0.2) is 37.2 Å². The summed E-state index contributed by atoms with van der Waals surface area (Å²) in [7, 11) is 0. The van der Waals surface area contributed by atoms with Crippen LogP contribution in [0.15, 0.2) is 36.5 Å². The Hall–Kier alpha value is -2.37. The number of hydrogen-bond donors (Lipinski definition) is 0. The maximum absolute atomic E-state index is 12.8. The third-order valence-electron chi connectivity index (χ3n) is 12.1. The van der Waals surface area contributed by atoms with Gasteiger partial charge >= 0.3 is 17.9 Å². The van der Waals surface area contributed by atoms with Crippen LogP contribution in [0.2, 0.25) is 0 Å². The van der Waals surface area contributed by atoms with Crippen molar-refractivity contribution in [2.24, 2.45) is 0 Å². The van der Waals surface area contributed by atoms with E-state index in [0.717, 1.165) is 77.0 Å². The maximum atomic E-state index is 12.8. The summed E-state index contributed by atoms with van der Waals surface area (Å²) in [5.74, 6) is -0.879. The van der Waals surface area contributed by atoms with Crippen molar-refractivity contribution in [3.8, 4) is 0 Å². The fraction of sp³-hybridized carbons (Fsp3) is 0.842. The van der Waals surface area contributed by atoms with Crippen molar-refractivity contribution in [1.29, 1.82) is 0 Å². The summed E-state index contributed by atoms with van der Waals surface area (Å²) >= 11 is 0. The zero-order chi connectivity index (χ0) is 45.8. The standard InChI is InChI=1S/C57H104O6/c1-4-7-10-13-16-19-22-24-26-28-30-32-35-38-41-44-47-50-56(59)62-53-54(52-61-55(58)49-46-43-40-37-34-21-18-15-12-9-6-3)63-57(60)51-48-45-42-39-36-33-31-29-27-25-23-20-17-14-11-8-5-2/h15-16,18-19,24,26,54H,4-14,17,20-23,25,27-53H2,1-3H3/b18-15-,19-16-,26-24-. The molecule has 6 heteroatoms. The van der Waals surface area contributed by atoms with Crippen LogP contribution in [0.3, 0.4) is 0 Å². The molecule has 1 unspecified atom stereocenters. The lowest BCUT2D eigenvalue weighted by Gasteiger charge is -2.18. The van der Waals surface area contributed by atoms with E-state index in [-0.39, 0.29) is 31.1 Å². The first-order chi connectivity index (χ1) is 31.0. The van der Waals surface area contributed by atoms with Crippen LogP contribution in [0.5, 0.6) is 0 Å². The van der Waals surface area contributed by atoms with Crippen LogP contribution in [0.1, 0.15) is 290 Å². The Morgan fingerprint density at radius 1 is 0.317 bits per heavy atom. The number of unbranched alkanes of at least 4 members (excludes halogenated alkanes) is 33. The third kappa shape index (κ3) is 50.5. The summed E-state index contributed by atoms with van der Waals surface area (Å²) in [5, 5.41) is 0. The van der Waals surface area contributed by atoms with E-state index in [1.165, 1.54) is 173 Å². The number of carbonyl (C=O) groups excluding carboxylic acids is 3. The van der Waals surface area contributed by atoms with E-state index in [9.17, 15) is 14.4 Å². The van der Waals surface area contributed by atoms with Crippen molar-refractivity contribution in [1.82, 2.24) is 0 Å². The molecule has 6 nitrogen and oxygen atoms in total. The van der Waals surface area contributed by atoms with Crippen molar-refractivity contribution >= 4 is 17.9 Å². The van der Waals surface area contributed by atoms with Gasteiger partial charge in [0.05, 0.1) is 0 Å². The molecular weight excluding hydrogens is 781 g/mol. The van der Waals surface area contributed by atoms with Crippen molar-refractivity contribution < 1.29 is 28.6 Å². The van der Waals surface area contributed by atoms with Gasteiger partial charge in [-0.1, -0.05) is 237 Å². The second-order valence-electron chi connectivity index (χ2n) is 18.5. The molecule has 0 aromatic heterocycles. The van der Waals surface area contributed by atoms with E-state index in [0.29, 0.717) is 19.3 Å². The molecule has 368 valence electrons. The molecule has 63 heavy (non-hydrogen) atoms. The average molecular weight is 885 g/mol. The molecule has 0 saturated carbocycles. The monoisotopic (exact) mass is 885 g/mol. The van der Waals surface area contributed by atoms with Gasteiger partial charge in [0.15, 0.2) is 6.10 Å². The van der Waals surface area contributed by atoms with Crippen molar-refractivity contribution in [2.75, 3.05) is 13.2 Å². The minimum Gasteiger partial charge on any atom is -0.462 e. The van der Waals surface area contributed by atoms with Crippen LogP contribution in [0, 0.1) is 0 Å². The quantitative estimate of drug-likeness (QED) is 0.0262. The smallest absolute Gasteiger partial charge is 0.306 e. The van der Waals surface area contributed by atoms with E-state index in [4.69, 9.17) is 14.2 Å². The molecule has 0 amide bonds. The van der Waals surface area contributed by atoms with Gasteiger partial charge in [-0.3, -0.25) is 14.4 Å². The molecule has 0 fully saturated rings. The minimum absolute atomic E-state index is 0.0759. The molecule has 0 aliphatic carbocycles. The number of carbonyl (C=O) groups is 3. The van der Waals surface area contributed by atoms with Gasteiger partial charge < -0.3 is 14.2 Å². The lowest BCUT2D eigenvalue weighted by Crippen LogP contribution is -2.30. The van der Waals surface area contributed by atoms with Crippen molar-refractivity contribution in [2.45, 2.75) is 297 Å². The first kappa shape index (κ1) is 60.6. The largest absolute Gasteiger partial charge is 0.462 e. The van der Waals surface area contributed by atoms with E-state index in [1.807, 2.05) is 0 Å². The predicted octanol–water partition coefficient (Wildman–Crippen LogP) is 18.1. The SMILES string of the molecule is CCCC/C=C\CCCCCCCC(=O)OCC(COC(=O)CCCCCCCCC/C=C\C/C=C\CCCCC)OC(=O)CCCCCCCCCCCCCCCCCCC. The molecule has 0 rings (SSSR count). The van der Waals surface area contributed by atoms with Crippen molar-refractivity contribution in [3.05, 3.63) is 36.5 Å². The van der Waals surface area contributed by atoms with Gasteiger partial charge in [-0.25, -0.2) is 0 Å². The molecule has 0 radical (unpaired) electrons. The molecule has 0 bridgehead atoms.